The minimum atomic E-state index is -0.983. The minimum Gasteiger partial charge on any atom is -0.480 e. The molecule has 7 heteroatoms. The standard InChI is InChI=1S/C11H13N3O4/c1-11(10(15)16)5-2-6-13(11)9-4-3-8(7-12-9)14(17)18/h3-4,7H,2,5-6H2,1H3,(H,15,16). The second-order valence-electron chi connectivity index (χ2n) is 4.47. The summed E-state index contributed by atoms with van der Waals surface area (Å²) in [6, 6.07) is 2.83. The van der Waals surface area contributed by atoms with Crippen LogP contribution in [0.15, 0.2) is 18.3 Å². The van der Waals surface area contributed by atoms with E-state index in [4.69, 9.17) is 0 Å². The quantitative estimate of drug-likeness (QED) is 0.644. The van der Waals surface area contributed by atoms with Gasteiger partial charge in [-0.3, -0.25) is 10.1 Å². The number of anilines is 1. The van der Waals surface area contributed by atoms with Gasteiger partial charge in [0, 0.05) is 12.6 Å². The molecule has 1 aliphatic rings. The number of carboxylic acid groups (broad SMARTS) is 1. The van der Waals surface area contributed by atoms with Crippen LogP contribution in [0.5, 0.6) is 0 Å². The second kappa shape index (κ2) is 4.25. The van der Waals surface area contributed by atoms with Gasteiger partial charge < -0.3 is 10.0 Å². The van der Waals surface area contributed by atoms with Crippen molar-refractivity contribution in [3.8, 4) is 0 Å². The molecule has 1 atom stereocenters. The van der Waals surface area contributed by atoms with E-state index in [-0.39, 0.29) is 5.69 Å². The van der Waals surface area contributed by atoms with Crippen LogP contribution in [0.1, 0.15) is 19.8 Å². The molecule has 1 N–H and O–H groups in total. The first-order valence-electron chi connectivity index (χ1n) is 5.56. The number of aromatic nitrogens is 1. The molecule has 2 heterocycles. The number of hydrogen-bond acceptors (Lipinski definition) is 5. The zero-order valence-electron chi connectivity index (χ0n) is 9.87. The second-order valence-corrected chi connectivity index (χ2v) is 4.47. The lowest BCUT2D eigenvalue weighted by Gasteiger charge is -2.31. The number of aliphatic carboxylic acids is 1. The summed E-state index contributed by atoms with van der Waals surface area (Å²) in [5, 5.41) is 19.8. The van der Waals surface area contributed by atoms with Gasteiger partial charge in [0.1, 0.15) is 17.6 Å². The topological polar surface area (TPSA) is 96.6 Å². The highest BCUT2D eigenvalue weighted by atomic mass is 16.6. The van der Waals surface area contributed by atoms with Crippen molar-refractivity contribution in [2.75, 3.05) is 11.4 Å². The summed E-state index contributed by atoms with van der Waals surface area (Å²) < 4.78 is 0. The molecule has 0 saturated carbocycles. The Kier molecular flexibility index (Phi) is 2.90. The lowest BCUT2D eigenvalue weighted by molar-refractivity contribution is -0.385. The summed E-state index contributed by atoms with van der Waals surface area (Å²) in [7, 11) is 0. The lowest BCUT2D eigenvalue weighted by atomic mass is 9.99. The van der Waals surface area contributed by atoms with Crippen molar-refractivity contribution < 1.29 is 14.8 Å². The van der Waals surface area contributed by atoms with E-state index in [0.29, 0.717) is 18.8 Å². The van der Waals surface area contributed by atoms with E-state index in [9.17, 15) is 20.0 Å². The van der Waals surface area contributed by atoms with Gasteiger partial charge in [0.15, 0.2) is 0 Å². The van der Waals surface area contributed by atoms with E-state index in [1.54, 1.807) is 11.8 Å². The molecule has 2 rings (SSSR count). The maximum Gasteiger partial charge on any atom is 0.329 e. The molecule has 7 nitrogen and oxygen atoms in total. The average molecular weight is 251 g/mol. The summed E-state index contributed by atoms with van der Waals surface area (Å²) >= 11 is 0. The number of pyridine rings is 1. The number of carboxylic acids is 1. The maximum atomic E-state index is 11.3. The van der Waals surface area contributed by atoms with Crippen molar-refractivity contribution in [2.24, 2.45) is 0 Å². The predicted octanol–water partition coefficient (Wildman–Crippen LogP) is 1.43. The van der Waals surface area contributed by atoms with Crippen LogP contribution in [-0.2, 0) is 4.79 Å². The van der Waals surface area contributed by atoms with Crippen molar-refractivity contribution in [1.29, 1.82) is 0 Å². The van der Waals surface area contributed by atoms with Gasteiger partial charge in [-0.15, -0.1) is 0 Å². The molecule has 96 valence electrons. The smallest absolute Gasteiger partial charge is 0.329 e. The number of rotatable bonds is 3. The average Bonchev–Trinajstić information content (AvgIpc) is 2.73. The van der Waals surface area contributed by atoms with Crippen molar-refractivity contribution in [3.63, 3.8) is 0 Å². The molecule has 0 aliphatic carbocycles. The van der Waals surface area contributed by atoms with Gasteiger partial charge in [-0.2, -0.15) is 0 Å². The van der Waals surface area contributed by atoms with Gasteiger partial charge in [-0.25, -0.2) is 9.78 Å². The van der Waals surface area contributed by atoms with Crippen molar-refractivity contribution in [2.45, 2.75) is 25.3 Å². The molecule has 0 spiro atoms. The molecule has 0 radical (unpaired) electrons. The first kappa shape index (κ1) is 12.3. The molecule has 1 aromatic heterocycles. The van der Waals surface area contributed by atoms with E-state index in [2.05, 4.69) is 4.98 Å². The Morgan fingerprint density at radius 1 is 1.61 bits per heavy atom. The summed E-state index contributed by atoms with van der Waals surface area (Å²) in [5.74, 6) is -0.442. The van der Waals surface area contributed by atoms with Gasteiger partial charge >= 0.3 is 5.97 Å². The number of carbonyl (C=O) groups is 1. The first-order chi connectivity index (χ1) is 8.45. The molecular formula is C11H13N3O4. The number of hydrogen-bond donors (Lipinski definition) is 1. The first-order valence-corrected chi connectivity index (χ1v) is 5.56. The predicted molar refractivity (Wildman–Crippen MR) is 63.5 cm³/mol. The van der Waals surface area contributed by atoms with Crippen LogP contribution in [0.25, 0.3) is 0 Å². The Morgan fingerprint density at radius 2 is 2.33 bits per heavy atom. The Hall–Kier alpha value is -2.18. The molecular weight excluding hydrogens is 238 g/mol. The molecule has 1 unspecified atom stereocenters. The van der Waals surface area contributed by atoms with Crippen molar-refractivity contribution >= 4 is 17.5 Å². The van der Waals surface area contributed by atoms with Crippen LogP contribution < -0.4 is 4.90 Å². The van der Waals surface area contributed by atoms with Crippen LogP contribution >= 0.6 is 0 Å². The fraction of sp³-hybridized carbons (Fsp3) is 0.455. The van der Waals surface area contributed by atoms with Crippen molar-refractivity contribution in [3.05, 3.63) is 28.4 Å². The number of nitro groups is 1. The molecule has 1 aliphatic heterocycles. The van der Waals surface area contributed by atoms with Gasteiger partial charge in [-0.05, 0) is 25.8 Å². The highest BCUT2D eigenvalue weighted by molar-refractivity contribution is 5.83. The zero-order chi connectivity index (χ0) is 13.3. The number of nitrogens with zero attached hydrogens (tertiary/aromatic N) is 3. The molecule has 0 bridgehead atoms. The maximum absolute atomic E-state index is 11.3. The molecule has 1 fully saturated rings. The third-order valence-electron chi connectivity index (χ3n) is 3.32. The minimum absolute atomic E-state index is 0.102. The van der Waals surface area contributed by atoms with Crippen LogP contribution in [0.3, 0.4) is 0 Å². The molecule has 1 saturated heterocycles. The van der Waals surface area contributed by atoms with Gasteiger partial charge in [0.05, 0.1) is 4.92 Å². The van der Waals surface area contributed by atoms with E-state index >= 15 is 0 Å². The Balaban J connectivity index is 2.31. The summed E-state index contributed by atoms with van der Waals surface area (Å²) in [4.78, 5) is 27.0. The van der Waals surface area contributed by atoms with E-state index in [0.717, 1.165) is 12.6 Å². The highest BCUT2D eigenvalue weighted by Crippen LogP contribution is 2.33. The molecule has 0 amide bonds. The third-order valence-corrected chi connectivity index (χ3v) is 3.32. The molecule has 0 aromatic carbocycles. The zero-order valence-corrected chi connectivity index (χ0v) is 9.87. The summed E-state index contributed by atoms with van der Waals surface area (Å²) in [6.45, 7) is 2.24. The summed E-state index contributed by atoms with van der Waals surface area (Å²) in [5.41, 5.74) is -1.08. The Bertz CT molecular complexity index is 488. The van der Waals surface area contributed by atoms with Gasteiger partial charge in [0.25, 0.3) is 5.69 Å². The van der Waals surface area contributed by atoms with Crippen LogP contribution in [0, 0.1) is 10.1 Å². The highest BCUT2D eigenvalue weighted by Gasteiger charge is 2.44. The van der Waals surface area contributed by atoms with Crippen LogP contribution in [0.4, 0.5) is 11.5 Å². The van der Waals surface area contributed by atoms with Gasteiger partial charge in [0.2, 0.25) is 0 Å². The van der Waals surface area contributed by atoms with Crippen LogP contribution in [-0.4, -0.2) is 33.1 Å². The fourth-order valence-corrected chi connectivity index (χ4v) is 2.20. The normalized spacial score (nSPS) is 23.1. The fourth-order valence-electron chi connectivity index (χ4n) is 2.20. The third kappa shape index (κ3) is 1.87. The Labute approximate surface area is 103 Å². The molecule has 18 heavy (non-hydrogen) atoms. The SMILES string of the molecule is CC1(C(=O)O)CCCN1c1ccc([N+](=O)[O-])cn1. The van der Waals surface area contributed by atoms with E-state index < -0.39 is 16.4 Å². The molecule has 1 aromatic rings. The Morgan fingerprint density at radius 3 is 2.83 bits per heavy atom. The van der Waals surface area contributed by atoms with E-state index in [1.807, 2.05) is 0 Å². The van der Waals surface area contributed by atoms with Crippen molar-refractivity contribution in [1.82, 2.24) is 4.98 Å². The van der Waals surface area contributed by atoms with Gasteiger partial charge in [-0.1, -0.05) is 0 Å². The van der Waals surface area contributed by atoms with E-state index in [1.165, 1.54) is 12.1 Å². The van der Waals surface area contributed by atoms with Crippen LogP contribution in [0.2, 0.25) is 0 Å². The summed E-state index contributed by atoms with van der Waals surface area (Å²) in [6.07, 6.45) is 2.46. The monoisotopic (exact) mass is 251 g/mol. The lowest BCUT2D eigenvalue weighted by Crippen LogP contribution is -2.48. The largest absolute Gasteiger partial charge is 0.480 e.